The first kappa shape index (κ1) is 13.6. The van der Waals surface area contributed by atoms with E-state index in [2.05, 4.69) is 10.2 Å². The van der Waals surface area contributed by atoms with Crippen molar-refractivity contribution >= 4 is 17.5 Å². The Bertz CT molecular complexity index is 722. The van der Waals surface area contributed by atoms with E-state index in [1.165, 1.54) is 18.0 Å². The summed E-state index contributed by atoms with van der Waals surface area (Å²) in [6.07, 6.45) is 1.54. The fourth-order valence-corrected chi connectivity index (χ4v) is 2.56. The maximum atomic E-state index is 12.3. The molecular weight excluding hydrogens is 288 g/mol. The van der Waals surface area contributed by atoms with Crippen LogP contribution in [0.25, 0.3) is 11.7 Å². The number of Topliss-reactive ketones (excluding diaryl/α,β-unsaturated/α-hetero) is 1. The number of nitrogens with zero attached hydrogens (tertiary/aromatic N) is 2. The second-order valence-electron chi connectivity index (χ2n) is 4.34. The van der Waals surface area contributed by atoms with E-state index in [1.807, 2.05) is 25.1 Å². The molecule has 0 amide bonds. The zero-order chi connectivity index (χ0) is 14.7. The molecule has 0 spiro atoms. The van der Waals surface area contributed by atoms with Gasteiger partial charge in [-0.25, -0.2) is 0 Å². The lowest BCUT2D eigenvalue weighted by molar-refractivity contribution is 0.0993. The smallest absolute Gasteiger partial charge is 0.284 e. The van der Waals surface area contributed by atoms with Gasteiger partial charge in [0.15, 0.2) is 11.5 Å². The van der Waals surface area contributed by atoms with Crippen LogP contribution in [0.1, 0.15) is 17.3 Å². The number of carbonyl (C=O) groups is 1. The van der Waals surface area contributed by atoms with Crippen LogP contribution in [0.3, 0.4) is 0 Å². The van der Waals surface area contributed by atoms with Gasteiger partial charge in [-0.2, -0.15) is 0 Å². The van der Waals surface area contributed by atoms with Crippen molar-refractivity contribution in [2.45, 2.75) is 17.4 Å². The average molecular weight is 300 g/mol. The average Bonchev–Trinajstić information content (AvgIpc) is 3.18. The van der Waals surface area contributed by atoms with Gasteiger partial charge in [-0.15, -0.1) is 10.2 Å². The molecular formula is C15H12N2O3S. The lowest BCUT2D eigenvalue weighted by atomic mass is 10.1. The first-order chi connectivity index (χ1) is 10.2. The van der Waals surface area contributed by atoms with E-state index in [0.29, 0.717) is 22.4 Å². The second-order valence-corrected chi connectivity index (χ2v) is 5.63. The van der Waals surface area contributed by atoms with Crippen LogP contribution in [0.15, 0.2) is 62.8 Å². The highest BCUT2D eigenvalue weighted by Gasteiger charge is 2.20. The van der Waals surface area contributed by atoms with Crippen molar-refractivity contribution in [3.63, 3.8) is 0 Å². The summed E-state index contributed by atoms with van der Waals surface area (Å²) in [4.78, 5) is 12.3. The summed E-state index contributed by atoms with van der Waals surface area (Å²) in [5.74, 6) is 0.844. The minimum absolute atomic E-state index is 0.0262. The van der Waals surface area contributed by atoms with Crippen LogP contribution in [-0.4, -0.2) is 21.2 Å². The summed E-state index contributed by atoms with van der Waals surface area (Å²) in [7, 11) is 0. The van der Waals surface area contributed by atoms with Gasteiger partial charge in [0.2, 0.25) is 0 Å². The molecule has 0 aliphatic heterocycles. The predicted octanol–water partition coefficient (Wildman–Crippen LogP) is 3.69. The molecule has 1 aromatic carbocycles. The first-order valence-electron chi connectivity index (χ1n) is 6.37. The molecule has 6 heteroatoms. The normalized spacial score (nSPS) is 12.2. The fraction of sp³-hybridized carbons (Fsp3) is 0.133. The number of benzene rings is 1. The number of thioether (sulfide) groups is 1. The molecule has 0 saturated heterocycles. The van der Waals surface area contributed by atoms with Crippen LogP contribution in [0.2, 0.25) is 0 Å². The van der Waals surface area contributed by atoms with Crippen molar-refractivity contribution in [3.8, 4) is 11.7 Å². The summed E-state index contributed by atoms with van der Waals surface area (Å²) < 4.78 is 10.7. The lowest BCUT2D eigenvalue weighted by Gasteiger charge is -2.06. The molecule has 0 fully saturated rings. The summed E-state index contributed by atoms with van der Waals surface area (Å²) in [5.41, 5.74) is 0.670. The quantitative estimate of drug-likeness (QED) is 0.528. The Kier molecular flexibility index (Phi) is 3.87. The molecule has 1 unspecified atom stereocenters. The zero-order valence-corrected chi connectivity index (χ0v) is 12.0. The first-order valence-corrected chi connectivity index (χ1v) is 7.25. The van der Waals surface area contributed by atoms with Gasteiger partial charge in [-0.3, -0.25) is 4.79 Å². The third-order valence-corrected chi connectivity index (χ3v) is 3.78. The minimum atomic E-state index is -0.308. The van der Waals surface area contributed by atoms with E-state index >= 15 is 0 Å². The van der Waals surface area contributed by atoms with Crippen LogP contribution in [0.5, 0.6) is 0 Å². The molecule has 5 nitrogen and oxygen atoms in total. The van der Waals surface area contributed by atoms with Crippen LogP contribution < -0.4 is 0 Å². The minimum Gasteiger partial charge on any atom is -0.459 e. The van der Waals surface area contributed by atoms with Gasteiger partial charge in [0.25, 0.3) is 11.1 Å². The summed E-state index contributed by atoms with van der Waals surface area (Å²) >= 11 is 1.23. The number of carbonyl (C=O) groups excluding carboxylic acids is 1. The van der Waals surface area contributed by atoms with Gasteiger partial charge in [-0.1, -0.05) is 42.1 Å². The number of hydrogen-bond donors (Lipinski definition) is 0. The second kappa shape index (κ2) is 5.97. The third-order valence-electron chi connectivity index (χ3n) is 2.84. The Morgan fingerprint density at radius 1 is 1.14 bits per heavy atom. The van der Waals surface area contributed by atoms with Crippen molar-refractivity contribution < 1.29 is 13.6 Å². The highest BCUT2D eigenvalue weighted by atomic mass is 32.2. The Balaban J connectivity index is 1.71. The molecule has 106 valence electrons. The molecule has 0 aliphatic carbocycles. The Morgan fingerprint density at radius 3 is 2.67 bits per heavy atom. The van der Waals surface area contributed by atoms with Crippen molar-refractivity contribution in [3.05, 3.63) is 54.3 Å². The van der Waals surface area contributed by atoms with E-state index in [0.717, 1.165) is 0 Å². The van der Waals surface area contributed by atoms with Crippen LogP contribution in [0, 0.1) is 0 Å². The standard InChI is InChI=1S/C15H12N2O3S/c1-10(13(18)11-6-3-2-4-7-11)21-15-17-16-14(20-15)12-8-5-9-19-12/h2-10H,1H3. The number of furan rings is 1. The SMILES string of the molecule is CC(Sc1nnc(-c2ccco2)o1)C(=O)c1ccccc1. The van der Waals surface area contributed by atoms with E-state index in [-0.39, 0.29) is 11.0 Å². The van der Waals surface area contributed by atoms with Crippen LogP contribution in [-0.2, 0) is 0 Å². The van der Waals surface area contributed by atoms with E-state index < -0.39 is 0 Å². The molecule has 0 saturated carbocycles. The topological polar surface area (TPSA) is 69.1 Å². The molecule has 0 bridgehead atoms. The van der Waals surface area contributed by atoms with Gasteiger partial charge < -0.3 is 8.83 Å². The van der Waals surface area contributed by atoms with Gasteiger partial charge >= 0.3 is 0 Å². The van der Waals surface area contributed by atoms with Crippen LogP contribution in [0.4, 0.5) is 0 Å². The van der Waals surface area contributed by atoms with Crippen LogP contribution >= 0.6 is 11.8 Å². The molecule has 3 aromatic rings. The molecule has 0 radical (unpaired) electrons. The summed E-state index contributed by atoms with van der Waals surface area (Å²) in [6.45, 7) is 1.82. The number of ketones is 1. The van der Waals surface area contributed by atoms with E-state index in [4.69, 9.17) is 8.83 Å². The summed E-state index contributed by atoms with van der Waals surface area (Å²) in [6, 6.07) is 12.6. The molecule has 2 aromatic heterocycles. The van der Waals surface area contributed by atoms with Gasteiger partial charge in [-0.05, 0) is 19.1 Å². The van der Waals surface area contributed by atoms with Crippen molar-refractivity contribution in [1.29, 1.82) is 0 Å². The largest absolute Gasteiger partial charge is 0.459 e. The van der Waals surface area contributed by atoms with E-state index in [1.54, 1.807) is 24.3 Å². The Hall–Kier alpha value is -2.34. The van der Waals surface area contributed by atoms with Crippen molar-refractivity contribution in [2.24, 2.45) is 0 Å². The number of aromatic nitrogens is 2. The molecule has 0 aliphatic rings. The molecule has 0 N–H and O–H groups in total. The van der Waals surface area contributed by atoms with Crippen molar-refractivity contribution in [2.75, 3.05) is 0 Å². The zero-order valence-electron chi connectivity index (χ0n) is 11.2. The van der Waals surface area contributed by atoms with Gasteiger partial charge in [0.05, 0.1) is 11.5 Å². The maximum absolute atomic E-state index is 12.3. The molecule has 3 rings (SSSR count). The van der Waals surface area contributed by atoms with E-state index in [9.17, 15) is 4.79 Å². The third kappa shape index (κ3) is 3.05. The highest BCUT2D eigenvalue weighted by molar-refractivity contribution is 8.00. The highest BCUT2D eigenvalue weighted by Crippen LogP contribution is 2.27. The van der Waals surface area contributed by atoms with Gasteiger partial charge in [0.1, 0.15) is 0 Å². The lowest BCUT2D eigenvalue weighted by Crippen LogP contribution is -2.13. The van der Waals surface area contributed by atoms with Gasteiger partial charge in [0, 0.05) is 5.56 Å². The summed E-state index contributed by atoms with van der Waals surface area (Å²) in [5, 5.41) is 7.86. The molecule has 2 heterocycles. The maximum Gasteiger partial charge on any atom is 0.284 e. The number of hydrogen-bond acceptors (Lipinski definition) is 6. The monoisotopic (exact) mass is 300 g/mol. The fourth-order valence-electron chi connectivity index (χ4n) is 1.80. The Labute approximate surface area is 125 Å². The molecule has 21 heavy (non-hydrogen) atoms. The molecule has 1 atom stereocenters. The predicted molar refractivity (Wildman–Crippen MR) is 78.1 cm³/mol. The Morgan fingerprint density at radius 2 is 1.95 bits per heavy atom. The van der Waals surface area contributed by atoms with Crippen molar-refractivity contribution in [1.82, 2.24) is 10.2 Å². The number of rotatable bonds is 5.